The number of rotatable bonds is 9. The van der Waals surface area contributed by atoms with E-state index in [0.717, 1.165) is 6.42 Å². The van der Waals surface area contributed by atoms with Gasteiger partial charge in [-0.15, -0.1) is 0 Å². The zero-order valence-corrected chi connectivity index (χ0v) is 21.4. The summed E-state index contributed by atoms with van der Waals surface area (Å²) in [5.41, 5.74) is 5.31. The number of carbonyl (C=O) groups excluding carboxylic acids is 2. The van der Waals surface area contributed by atoms with Crippen LogP contribution in [0.5, 0.6) is 0 Å². The first-order chi connectivity index (χ1) is 16.3. The summed E-state index contributed by atoms with van der Waals surface area (Å²) in [6, 6.07) is 3.16. The van der Waals surface area contributed by atoms with Gasteiger partial charge in [0.2, 0.25) is 5.91 Å². The van der Waals surface area contributed by atoms with Crippen molar-refractivity contribution in [3.05, 3.63) is 33.8 Å². The Morgan fingerprint density at radius 3 is 2.46 bits per heavy atom. The molecular weight excluding hydrogens is 495 g/mol. The maximum Gasteiger partial charge on any atom is 0.328 e. The molecule has 2 aliphatic carbocycles. The average Bonchev–Trinajstić information content (AvgIpc) is 3.20. The maximum atomic E-state index is 12.5. The largest absolute Gasteiger partial charge is 0.480 e. The van der Waals surface area contributed by atoms with Gasteiger partial charge in [0.15, 0.2) is 5.96 Å². The smallest absolute Gasteiger partial charge is 0.328 e. The Hall–Kier alpha value is -2.56. The Morgan fingerprint density at radius 2 is 1.89 bits per heavy atom. The molecule has 2 saturated carbocycles. The molecule has 0 saturated heterocycles. The lowest BCUT2D eigenvalue weighted by Gasteiger charge is -2.35. The summed E-state index contributed by atoms with van der Waals surface area (Å²) >= 11 is 12.0. The number of fused-ring (bicyclic) bond motifs is 1. The van der Waals surface area contributed by atoms with Gasteiger partial charge in [0.25, 0.3) is 5.91 Å². The van der Waals surface area contributed by atoms with E-state index in [-0.39, 0.29) is 51.7 Å². The molecule has 0 spiro atoms. The van der Waals surface area contributed by atoms with Crippen LogP contribution in [0.15, 0.2) is 18.2 Å². The van der Waals surface area contributed by atoms with Crippen LogP contribution in [0.1, 0.15) is 44.0 Å². The Kier molecular flexibility index (Phi) is 7.88. The quantitative estimate of drug-likeness (QED) is 0.189. The number of carbonyl (C=O) groups is 3. The molecule has 2 aliphatic rings. The zero-order valence-electron chi connectivity index (χ0n) is 19.9. The van der Waals surface area contributed by atoms with Crippen LogP contribution in [0.4, 0.5) is 0 Å². The van der Waals surface area contributed by atoms with Gasteiger partial charge in [0.05, 0.1) is 27.7 Å². The molecule has 0 bridgehead atoms. The van der Waals surface area contributed by atoms with Crippen LogP contribution in [0.25, 0.3) is 0 Å². The third-order valence-electron chi connectivity index (χ3n) is 7.55. The van der Waals surface area contributed by atoms with Crippen molar-refractivity contribution in [2.45, 2.75) is 51.2 Å². The molecule has 0 aromatic heterocycles. The second-order valence-electron chi connectivity index (χ2n) is 9.95. The van der Waals surface area contributed by atoms with Gasteiger partial charge in [-0.3, -0.25) is 15.0 Å². The second-order valence-corrected chi connectivity index (χ2v) is 10.8. The van der Waals surface area contributed by atoms with Crippen molar-refractivity contribution >= 4 is 46.9 Å². The van der Waals surface area contributed by atoms with Gasteiger partial charge in [-0.1, -0.05) is 50.0 Å². The van der Waals surface area contributed by atoms with Crippen molar-refractivity contribution in [2.24, 2.45) is 23.0 Å². The van der Waals surface area contributed by atoms with Crippen molar-refractivity contribution in [1.29, 1.82) is 5.41 Å². The van der Waals surface area contributed by atoms with E-state index < -0.39 is 23.8 Å². The average molecular weight is 527 g/mol. The molecule has 1 aromatic rings. The molecule has 5 atom stereocenters. The number of halogens is 2. The highest BCUT2D eigenvalue weighted by atomic mass is 35.5. The van der Waals surface area contributed by atoms with Crippen molar-refractivity contribution in [3.8, 4) is 0 Å². The molecule has 8 N–H and O–H groups in total. The zero-order chi connectivity index (χ0) is 26.1. The second kappa shape index (κ2) is 10.2. The number of nitrogens with two attached hydrogens (primary N) is 1. The highest BCUT2D eigenvalue weighted by Crippen LogP contribution is 2.68. The van der Waals surface area contributed by atoms with Gasteiger partial charge in [-0.2, -0.15) is 0 Å². The van der Waals surface area contributed by atoms with Gasteiger partial charge in [-0.05, 0) is 42.2 Å². The first-order valence-corrected chi connectivity index (χ1v) is 12.2. The number of amides is 2. The minimum absolute atomic E-state index is 0.0108. The number of nitrogens with one attached hydrogen (secondary N) is 5. The number of guanidine groups is 1. The van der Waals surface area contributed by atoms with Crippen LogP contribution < -0.4 is 27.0 Å². The van der Waals surface area contributed by atoms with E-state index in [2.05, 4.69) is 42.0 Å². The monoisotopic (exact) mass is 526 g/mol. The van der Waals surface area contributed by atoms with Crippen LogP contribution in [-0.2, 0) is 9.59 Å². The van der Waals surface area contributed by atoms with Crippen LogP contribution in [0, 0.1) is 22.7 Å². The SMILES string of the molecule is CC1CC2C(C)(C)C2(NC(=N)N)CC1NCC(=O)NCC(NC(=O)c1c(Cl)cccc1Cl)C(=O)O. The first kappa shape index (κ1) is 27.0. The Balaban J connectivity index is 1.53. The molecular formula is C23H32Cl2N6O4. The van der Waals surface area contributed by atoms with Crippen LogP contribution in [-0.4, -0.2) is 59.6 Å². The van der Waals surface area contributed by atoms with Gasteiger partial charge in [0, 0.05) is 12.6 Å². The minimum atomic E-state index is -1.37. The predicted octanol–water partition coefficient (Wildman–Crippen LogP) is 1.56. The van der Waals surface area contributed by atoms with Gasteiger partial charge in [0.1, 0.15) is 6.04 Å². The molecule has 2 amide bonds. The molecule has 10 nitrogen and oxygen atoms in total. The molecule has 35 heavy (non-hydrogen) atoms. The number of hydrogen-bond donors (Lipinski definition) is 7. The highest BCUT2D eigenvalue weighted by molar-refractivity contribution is 6.39. The summed E-state index contributed by atoms with van der Waals surface area (Å²) in [6.07, 6.45) is 1.65. The van der Waals surface area contributed by atoms with Crippen molar-refractivity contribution in [1.82, 2.24) is 21.3 Å². The fourth-order valence-corrected chi connectivity index (χ4v) is 5.98. The Morgan fingerprint density at radius 1 is 1.26 bits per heavy atom. The third kappa shape index (κ3) is 5.49. The van der Waals surface area contributed by atoms with Crippen molar-refractivity contribution in [3.63, 3.8) is 0 Å². The van der Waals surface area contributed by atoms with E-state index in [9.17, 15) is 19.5 Å². The standard InChI is InChI=1S/C23H32Cl2N6O4/c1-11-7-16-22(2,3)23(16,31-21(26)27)8-14(11)28-10-17(32)29-9-15(20(34)35)30-19(33)18-12(24)5-4-6-13(18)25/h4-6,11,14-16,28H,7-10H2,1-3H3,(H,29,32)(H,30,33)(H,34,35)(H4,26,27,31). The number of benzene rings is 1. The van der Waals surface area contributed by atoms with Gasteiger partial charge >= 0.3 is 5.97 Å². The number of carboxylic acid groups (broad SMARTS) is 1. The van der Waals surface area contributed by atoms with E-state index in [0.29, 0.717) is 18.3 Å². The maximum absolute atomic E-state index is 12.5. The summed E-state index contributed by atoms with van der Waals surface area (Å²) in [7, 11) is 0. The first-order valence-electron chi connectivity index (χ1n) is 11.4. The van der Waals surface area contributed by atoms with E-state index in [4.69, 9.17) is 34.3 Å². The summed E-state index contributed by atoms with van der Waals surface area (Å²) < 4.78 is 0. The summed E-state index contributed by atoms with van der Waals surface area (Å²) in [6.45, 7) is 6.11. The summed E-state index contributed by atoms with van der Waals surface area (Å²) in [4.78, 5) is 36.6. The van der Waals surface area contributed by atoms with Crippen molar-refractivity contribution in [2.75, 3.05) is 13.1 Å². The number of carboxylic acids is 1. The summed E-state index contributed by atoms with van der Waals surface area (Å²) in [5, 5.41) is 28.7. The van der Waals surface area contributed by atoms with Crippen LogP contribution in [0.2, 0.25) is 10.0 Å². The Bertz CT molecular complexity index is 1020. The Labute approximate surface area is 214 Å². The van der Waals surface area contributed by atoms with Crippen LogP contribution in [0.3, 0.4) is 0 Å². The van der Waals surface area contributed by atoms with Gasteiger partial charge in [-0.25, -0.2) is 4.79 Å². The molecule has 0 aliphatic heterocycles. The van der Waals surface area contributed by atoms with Gasteiger partial charge < -0.3 is 32.1 Å². The predicted molar refractivity (Wildman–Crippen MR) is 134 cm³/mol. The molecule has 0 heterocycles. The summed E-state index contributed by atoms with van der Waals surface area (Å²) in [5.74, 6) is -1.82. The lowest BCUT2D eigenvalue weighted by Crippen LogP contribution is -2.54. The minimum Gasteiger partial charge on any atom is -0.480 e. The normalized spacial score (nSPS) is 27.2. The van der Waals surface area contributed by atoms with E-state index >= 15 is 0 Å². The van der Waals surface area contributed by atoms with E-state index in [1.54, 1.807) is 6.07 Å². The fraction of sp³-hybridized carbons (Fsp3) is 0.565. The highest BCUT2D eigenvalue weighted by Gasteiger charge is 2.73. The molecule has 192 valence electrons. The molecule has 1 aromatic carbocycles. The van der Waals surface area contributed by atoms with E-state index in [1.807, 2.05) is 0 Å². The molecule has 12 heteroatoms. The van der Waals surface area contributed by atoms with E-state index in [1.165, 1.54) is 12.1 Å². The molecule has 3 rings (SSSR count). The topological polar surface area (TPSA) is 169 Å². The number of hydrogen-bond acceptors (Lipinski definition) is 5. The third-order valence-corrected chi connectivity index (χ3v) is 8.18. The fourth-order valence-electron chi connectivity index (χ4n) is 5.41. The molecule has 0 radical (unpaired) electrons. The van der Waals surface area contributed by atoms with Crippen molar-refractivity contribution < 1.29 is 19.5 Å². The van der Waals surface area contributed by atoms with Crippen LogP contribution >= 0.6 is 23.2 Å². The lowest BCUT2D eigenvalue weighted by atomic mass is 9.82. The number of aliphatic carboxylic acids is 1. The molecule has 5 unspecified atom stereocenters. The lowest BCUT2D eigenvalue weighted by molar-refractivity contribution is -0.139. The molecule has 2 fully saturated rings.